The van der Waals surface area contributed by atoms with Gasteiger partial charge < -0.3 is 14.2 Å². The van der Waals surface area contributed by atoms with E-state index in [1.54, 1.807) is 158 Å². The van der Waals surface area contributed by atoms with E-state index in [9.17, 15) is 48.1 Å². The summed E-state index contributed by atoms with van der Waals surface area (Å²) in [6.45, 7) is 15.3. The van der Waals surface area contributed by atoms with Gasteiger partial charge in [0.15, 0.2) is 23.2 Å². The second-order valence-corrected chi connectivity index (χ2v) is 34.7. The summed E-state index contributed by atoms with van der Waals surface area (Å²) in [5, 5.41) is 1.81. The molecule has 0 atom stereocenters. The van der Waals surface area contributed by atoms with Crippen LogP contribution in [0.1, 0.15) is 115 Å². The fourth-order valence-electron chi connectivity index (χ4n) is 10.1. The van der Waals surface area contributed by atoms with Gasteiger partial charge in [0.05, 0.1) is 68.1 Å². The number of hydrogen-bond donors (Lipinski definition) is 4. The number of ether oxygens (including phenoxy) is 3. The van der Waals surface area contributed by atoms with E-state index in [4.69, 9.17) is 49.0 Å². The van der Waals surface area contributed by atoms with Crippen molar-refractivity contribution in [3.05, 3.63) is 328 Å². The van der Waals surface area contributed by atoms with Gasteiger partial charge in [0.2, 0.25) is 11.8 Å². The number of benzene rings is 8. The molecule has 4 aromatic heterocycles. The number of carbonyl (C=O) groups is 3. The quantitative estimate of drug-likeness (QED) is 0.0348. The highest BCUT2D eigenvalue weighted by Gasteiger charge is 2.26. The molecule has 0 bridgehead atoms. The van der Waals surface area contributed by atoms with Crippen LogP contribution in [0.3, 0.4) is 0 Å². The van der Waals surface area contributed by atoms with E-state index in [1.165, 1.54) is 91.0 Å². The van der Waals surface area contributed by atoms with Crippen LogP contribution in [-0.4, -0.2) is 89.3 Å². The number of nitrogens with one attached hydrogen (secondary N) is 4. The Labute approximate surface area is 677 Å². The van der Waals surface area contributed by atoms with Crippen molar-refractivity contribution in [1.82, 2.24) is 19.9 Å². The summed E-state index contributed by atoms with van der Waals surface area (Å²) in [7, 11) is -15.6. The molecule has 0 saturated heterocycles. The first kappa shape index (κ1) is 86.0. The third-order valence-corrected chi connectivity index (χ3v) is 22.6. The van der Waals surface area contributed by atoms with Crippen LogP contribution in [0.5, 0.6) is 17.5 Å². The fourth-order valence-corrected chi connectivity index (χ4v) is 15.8. The molecule has 0 aliphatic heterocycles. The van der Waals surface area contributed by atoms with E-state index in [-0.39, 0.29) is 88.4 Å². The van der Waals surface area contributed by atoms with Gasteiger partial charge >= 0.3 is 0 Å². The smallest absolute Gasteiger partial charge is 0.264 e. The van der Waals surface area contributed by atoms with Crippen molar-refractivity contribution < 1.29 is 62.3 Å². The summed E-state index contributed by atoms with van der Waals surface area (Å²) in [6, 6.07) is 67.4. The lowest BCUT2D eigenvalue weighted by Crippen LogP contribution is -2.17. The molecule has 0 amide bonds. The van der Waals surface area contributed by atoms with E-state index in [0.29, 0.717) is 60.7 Å². The zero-order valence-corrected chi connectivity index (χ0v) is 68.3. The maximum atomic E-state index is 12.9. The lowest BCUT2D eigenvalue weighted by molar-refractivity contribution is 0.103. The Bertz CT molecular complexity index is 5560. The Morgan fingerprint density at radius 2 is 0.761 bits per heavy atom. The number of sulfonamides is 4. The molecule has 0 aliphatic rings. The van der Waals surface area contributed by atoms with Gasteiger partial charge in [0.25, 0.3) is 40.1 Å². The van der Waals surface area contributed by atoms with E-state index < -0.39 is 45.9 Å². The molecule has 22 nitrogen and oxygen atoms in total. The maximum absolute atomic E-state index is 12.9. The highest BCUT2D eigenvalue weighted by Crippen LogP contribution is 2.37. The van der Waals surface area contributed by atoms with Crippen molar-refractivity contribution in [2.75, 3.05) is 18.9 Å². The normalized spacial score (nSPS) is 11.4. The van der Waals surface area contributed by atoms with Gasteiger partial charge in [0, 0.05) is 67.3 Å². The lowest BCUT2D eigenvalue weighted by atomic mass is 10.0. The monoisotopic (exact) mass is 1670 g/mol. The molecular weight excluding hydrogens is 1600 g/mol. The number of ketones is 3. The van der Waals surface area contributed by atoms with Crippen LogP contribution < -0.4 is 33.1 Å². The molecule has 30 heteroatoms. The van der Waals surface area contributed by atoms with Gasteiger partial charge in [0.1, 0.15) is 20.6 Å². The topological polar surface area (TPSA) is 315 Å². The number of pyridine rings is 4. The number of nitrogens with zero attached hydrogens (tertiary/aromatic N) is 4. The molecular formula is C83H77Cl3N8O14S5. The van der Waals surface area contributed by atoms with E-state index in [1.807, 2.05) is 77.9 Å². The van der Waals surface area contributed by atoms with Gasteiger partial charge in [-0.25, -0.2) is 53.6 Å². The number of aromatic nitrogens is 4. The van der Waals surface area contributed by atoms with Crippen LogP contribution in [0, 0.1) is 0 Å². The minimum atomic E-state index is -4.04. The van der Waals surface area contributed by atoms with Crippen LogP contribution in [0.4, 0.5) is 22.9 Å². The number of rotatable bonds is 27. The fraction of sp³-hybridized carbons (Fsp3) is 0.145. The SMILES string of the molecule is CC(C)Oc1ccc(S(=O)(=O)Nc2ccc(Cl)cc2C(=O)c2ccccc2)cn1.CC(C)Oc1ccc(S(=O)(=O)Nc2ccccc2C(=O)c2ccccc2)cc1.CC(C)Oc1ccc(S(=O)(=O)Nc2ncc(Cl)cc2C(=O)c2ccccc2)cn1.CC(C)c1ccc(S(=O)(=O)Nc2ccc(Cl)cc2Sc2ccccn2)cc1. The lowest BCUT2D eigenvalue weighted by Gasteiger charge is -2.13. The molecule has 12 rings (SSSR count). The van der Waals surface area contributed by atoms with Crippen molar-refractivity contribution in [2.24, 2.45) is 0 Å². The van der Waals surface area contributed by atoms with Crippen molar-refractivity contribution in [3.63, 3.8) is 0 Å². The highest BCUT2D eigenvalue weighted by atomic mass is 35.5. The summed E-state index contributed by atoms with van der Waals surface area (Å²) in [4.78, 5) is 55.6. The molecule has 0 saturated carbocycles. The molecule has 0 aliphatic carbocycles. The Morgan fingerprint density at radius 1 is 0.354 bits per heavy atom. The Hall–Kier alpha value is -11.0. The molecule has 584 valence electrons. The third kappa shape index (κ3) is 25.0. The van der Waals surface area contributed by atoms with E-state index >= 15 is 0 Å². The zero-order chi connectivity index (χ0) is 81.6. The second kappa shape index (κ2) is 39.4. The zero-order valence-electron chi connectivity index (χ0n) is 62.0. The molecule has 12 aromatic rings. The van der Waals surface area contributed by atoms with E-state index in [2.05, 4.69) is 52.7 Å². The van der Waals surface area contributed by atoms with Crippen LogP contribution in [-0.2, 0) is 40.1 Å². The first-order chi connectivity index (χ1) is 53.7. The van der Waals surface area contributed by atoms with Gasteiger partial charge in [-0.05, 0) is 168 Å². The predicted octanol–water partition coefficient (Wildman–Crippen LogP) is 18.8. The molecule has 113 heavy (non-hydrogen) atoms. The summed E-state index contributed by atoms with van der Waals surface area (Å²) >= 11 is 19.5. The standard InChI is InChI=1S/C22H21NO4S.C21H19ClN2O4S.C20H18ClN3O4S.C20H19ClN2O2S2/c1-16(2)27-18-12-14-19(15-13-18)28(25,26)23-21-11-7-6-10-20(21)22(24)17-8-4-3-5-9-17;1-14(2)28-20-11-9-17(13-23-20)29(26,27)24-19-10-8-16(22)12-18(19)21(25)15-6-4-3-5-7-15;1-13(2)28-18-9-8-16(12-22-18)29(26,27)24-20-17(10-15(21)11-23-20)19(25)14-6-4-3-5-7-14;1-14(2)15-6-9-17(10-7-15)27(24,25)23-18-11-8-16(21)13-19(18)26-20-5-3-4-12-22-20/h3-16,23H,1-2H3;3-14,24H,1-2H3;3-13H,1-2H3,(H,23,24);3-14,23H,1-2H3. The summed E-state index contributed by atoms with van der Waals surface area (Å²) in [5.41, 5.74) is 3.70. The first-order valence-electron chi connectivity index (χ1n) is 34.7. The Morgan fingerprint density at radius 3 is 1.24 bits per heavy atom. The average molecular weight is 1680 g/mol. The predicted molar refractivity (Wildman–Crippen MR) is 443 cm³/mol. The molecule has 0 spiro atoms. The number of carbonyl (C=O) groups excluding carboxylic acids is 3. The summed E-state index contributed by atoms with van der Waals surface area (Å²) in [5.74, 6) is 0.446. The van der Waals surface area contributed by atoms with Gasteiger partial charge in [-0.15, -0.1) is 0 Å². The van der Waals surface area contributed by atoms with E-state index in [0.717, 1.165) is 10.6 Å². The molecule has 0 unspecified atom stereocenters. The first-order valence-corrected chi connectivity index (χ1v) is 42.6. The van der Waals surface area contributed by atoms with Crippen molar-refractivity contribution in [1.29, 1.82) is 0 Å². The van der Waals surface area contributed by atoms with Crippen LogP contribution in [0.25, 0.3) is 0 Å². The minimum absolute atomic E-state index is 0.00328. The minimum Gasteiger partial charge on any atom is -0.491 e. The largest absolute Gasteiger partial charge is 0.491 e. The molecule has 4 heterocycles. The number of halogens is 3. The number of para-hydroxylation sites is 1. The van der Waals surface area contributed by atoms with Crippen LogP contribution in [0.15, 0.2) is 303 Å². The van der Waals surface area contributed by atoms with Crippen molar-refractivity contribution >= 4 is 127 Å². The maximum Gasteiger partial charge on any atom is 0.264 e. The van der Waals surface area contributed by atoms with Gasteiger partial charge in [-0.3, -0.25) is 33.3 Å². The molecule has 4 N–H and O–H groups in total. The second-order valence-electron chi connectivity index (χ2n) is 25.6. The third-order valence-electron chi connectivity index (χ3n) is 15.5. The average Bonchev–Trinajstić information content (AvgIpc) is 0.845. The van der Waals surface area contributed by atoms with Gasteiger partial charge in [-0.1, -0.05) is 182 Å². The summed E-state index contributed by atoms with van der Waals surface area (Å²) < 4.78 is 129. The highest BCUT2D eigenvalue weighted by molar-refractivity contribution is 7.99. The Kier molecular flexibility index (Phi) is 30.0. The van der Waals surface area contributed by atoms with Crippen LogP contribution in [0.2, 0.25) is 15.1 Å². The molecule has 0 radical (unpaired) electrons. The van der Waals surface area contributed by atoms with Gasteiger partial charge in [-0.2, -0.15) is 0 Å². The Balaban J connectivity index is 0.000000173. The van der Waals surface area contributed by atoms with Crippen molar-refractivity contribution in [2.45, 2.75) is 109 Å². The van der Waals surface area contributed by atoms with Crippen molar-refractivity contribution in [3.8, 4) is 17.5 Å². The number of anilines is 4. The summed E-state index contributed by atoms with van der Waals surface area (Å²) in [6.07, 6.45) is 5.16. The number of hydrogen-bond acceptors (Lipinski definition) is 19. The molecule has 0 fully saturated rings. The van der Waals surface area contributed by atoms with Crippen LogP contribution >= 0.6 is 46.6 Å². The molecule has 8 aromatic carbocycles.